The molecule has 0 spiro atoms. The van der Waals surface area contributed by atoms with E-state index in [1.807, 2.05) is 0 Å². The number of nitrogens with one attached hydrogen (secondary N) is 1. The number of aryl methyl sites for hydroxylation is 1. The summed E-state index contributed by atoms with van der Waals surface area (Å²) in [5, 5.41) is 0.810. The molecule has 1 saturated heterocycles. The Hall–Kier alpha value is -0.810. The molecule has 0 saturated carbocycles. The first-order valence-corrected chi connectivity index (χ1v) is 8.29. The first-order chi connectivity index (χ1) is 9.33. The van der Waals surface area contributed by atoms with Crippen molar-refractivity contribution in [1.82, 2.24) is 14.9 Å². The van der Waals surface area contributed by atoms with Crippen molar-refractivity contribution in [3.63, 3.8) is 0 Å². The number of nitrogens with zero attached hydrogens (tertiary/aromatic N) is 2. The number of aromatic nitrogens is 2. The molecule has 104 valence electrons. The van der Waals surface area contributed by atoms with Crippen LogP contribution in [0.1, 0.15) is 36.9 Å². The Kier molecular flexibility index (Phi) is 4.23. The van der Waals surface area contributed by atoms with Crippen molar-refractivity contribution >= 4 is 11.8 Å². The van der Waals surface area contributed by atoms with E-state index in [0.29, 0.717) is 0 Å². The van der Waals surface area contributed by atoms with E-state index in [1.165, 1.54) is 32.4 Å². The Labute approximate surface area is 118 Å². The summed E-state index contributed by atoms with van der Waals surface area (Å²) in [6, 6.07) is 0. The molecular formula is C14H21N3OS. The van der Waals surface area contributed by atoms with Gasteiger partial charge in [-0.2, -0.15) is 0 Å². The molecule has 0 radical (unpaired) electrons. The molecular weight excluding hydrogens is 258 g/mol. The summed E-state index contributed by atoms with van der Waals surface area (Å²) < 4.78 is 0. The van der Waals surface area contributed by atoms with Gasteiger partial charge in [0.25, 0.3) is 5.56 Å². The van der Waals surface area contributed by atoms with Gasteiger partial charge >= 0.3 is 0 Å². The van der Waals surface area contributed by atoms with Crippen molar-refractivity contribution in [2.24, 2.45) is 0 Å². The Morgan fingerprint density at radius 3 is 2.79 bits per heavy atom. The first kappa shape index (κ1) is 13.2. The van der Waals surface area contributed by atoms with E-state index in [1.54, 1.807) is 11.8 Å². The van der Waals surface area contributed by atoms with Gasteiger partial charge in [0.15, 0.2) is 5.16 Å². The summed E-state index contributed by atoms with van der Waals surface area (Å²) in [6.07, 6.45) is 6.83. The molecule has 1 aromatic rings. The second-order valence-electron chi connectivity index (χ2n) is 5.40. The van der Waals surface area contributed by atoms with Gasteiger partial charge in [0.2, 0.25) is 0 Å². The number of hydrogen-bond donors (Lipinski definition) is 1. The van der Waals surface area contributed by atoms with E-state index in [2.05, 4.69) is 14.9 Å². The van der Waals surface area contributed by atoms with Crippen LogP contribution in [0.15, 0.2) is 9.95 Å². The Balaban J connectivity index is 1.61. The third-order valence-corrected chi connectivity index (χ3v) is 4.87. The summed E-state index contributed by atoms with van der Waals surface area (Å²) in [5.41, 5.74) is 2.06. The van der Waals surface area contributed by atoms with Crippen molar-refractivity contribution in [3.05, 3.63) is 21.6 Å². The lowest BCUT2D eigenvalue weighted by molar-refractivity contribution is 0.362. The lowest BCUT2D eigenvalue weighted by atomic mass is 9.97. The zero-order valence-corrected chi connectivity index (χ0v) is 12.1. The maximum absolute atomic E-state index is 12.0. The number of likely N-dealkylation sites (tertiary alicyclic amines) is 1. The van der Waals surface area contributed by atoms with Gasteiger partial charge in [-0.1, -0.05) is 11.8 Å². The van der Waals surface area contributed by atoms with Crippen molar-refractivity contribution < 1.29 is 0 Å². The van der Waals surface area contributed by atoms with Crippen LogP contribution in [0.5, 0.6) is 0 Å². The molecule has 0 unspecified atom stereocenters. The highest BCUT2D eigenvalue weighted by atomic mass is 32.2. The Morgan fingerprint density at radius 2 is 1.95 bits per heavy atom. The minimum absolute atomic E-state index is 0.0911. The Morgan fingerprint density at radius 1 is 1.16 bits per heavy atom. The van der Waals surface area contributed by atoms with Crippen LogP contribution in [0.3, 0.4) is 0 Å². The lowest BCUT2D eigenvalue weighted by Crippen LogP contribution is -2.23. The minimum Gasteiger partial charge on any atom is -0.303 e. The Bertz CT molecular complexity index is 494. The molecule has 1 fully saturated rings. The van der Waals surface area contributed by atoms with Gasteiger partial charge < -0.3 is 9.88 Å². The van der Waals surface area contributed by atoms with E-state index in [0.717, 1.165) is 48.0 Å². The second kappa shape index (κ2) is 6.09. The monoisotopic (exact) mass is 279 g/mol. The van der Waals surface area contributed by atoms with Crippen molar-refractivity contribution in [1.29, 1.82) is 0 Å². The fourth-order valence-corrected chi connectivity index (χ4v) is 3.81. The van der Waals surface area contributed by atoms with Gasteiger partial charge in [-0.25, -0.2) is 4.98 Å². The predicted octanol–water partition coefficient (Wildman–Crippen LogP) is 1.84. The molecule has 3 rings (SSSR count). The molecule has 2 aliphatic rings. The van der Waals surface area contributed by atoms with Gasteiger partial charge in [-0.05, 0) is 51.6 Å². The van der Waals surface area contributed by atoms with Gasteiger partial charge in [-0.15, -0.1) is 0 Å². The standard InChI is InChI=1S/C14H21N3OS/c18-13-11-5-1-2-6-12(11)15-14(16-13)19-10-9-17-7-3-4-8-17/h1-10H2,(H,15,16,18). The van der Waals surface area contributed by atoms with E-state index in [9.17, 15) is 4.79 Å². The maximum atomic E-state index is 12.0. The van der Waals surface area contributed by atoms with Crippen molar-refractivity contribution in [3.8, 4) is 0 Å². The number of H-pyrrole nitrogens is 1. The van der Waals surface area contributed by atoms with Crippen LogP contribution in [0.2, 0.25) is 0 Å². The predicted molar refractivity (Wildman–Crippen MR) is 77.9 cm³/mol. The molecule has 0 bridgehead atoms. The minimum atomic E-state index is 0.0911. The average Bonchev–Trinajstić information content (AvgIpc) is 2.92. The largest absolute Gasteiger partial charge is 0.303 e. The van der Waals surface area contributed by atoms with Gasteiger partial charge in [0.1, 0.15) is 0 Å². The van der Waals surface area contributed by atoms with Crippen LogP contribution >= 0.6 is 11.8 Å². The zero-order chi connectivity index (χ0) is 13.1. The fourth-order valence-electron chi connectivity index (χ4n) is 2.93. The van der Waals surface area contributed by atoms with Gasteiger partial charge in [-0.3, -0.25) is 4.79 Å². The van der Waals surface area contributed by atoms with Crippen LogP contribution in [0.4, 0.5) is 0 Å². The number of aromatic amines is 1. The summed E-state index contributed by atoms with van der Waals surface area (Å²) in [5.74, 6) is 1.02. The van der Waals surface area contributed by atoms with Crippen molar-refractivity contribution in [2.45, 2.75) is 43.7 Å². The molecule has 4 nitrogen and oxygen atoms in total. The summed E-state index contributed by atoms with van der Waals surface area (Å²) in [6.45, 7) is 3.56. The highest BCUT2D eigenvalue weighted by molar-refractivity contribution is 7.99. The summed E-state index contributed by atoms with van der Waals surface area (Å²) >= 11 is 1.69. The van der Waals surface area contributed by atoms with Crippen LogP contribution in [-0.2, 0) is 12.8 Å². The summed E-state index contributed by atoms with van der Waals surface area (Å²) in [4.78, 5) is 22.0. The van der Waals surface area contributed by atoms with E-state index < -0.39 is 0 Å². The van der Waals surface area contributed by atoms with E-state index in [-0.39, 0.29) is 5.56 Å². The van der Waals surface area contributed by atoms with Gasteiger partial charge in [0.05, 0.1) is 5.69 Å². The quantitative estimate of drug-likeness (QED) is 0.675. The highest BCUT2D eigenvalue weighted by Gasteiger charge is 2.16. The third-order valence-electron chi connectivity index (χ3n) is 4.01. The number of rotatable bonds is 4. The lowest BCUT2D eigenvalue weighted by Gasteiger charge is -2.15. The molecule has 5 heteroatoms. The molecule has 1 aromatic heterocycles. The van der Waals surface area contributed by atoms with Crippen LogP contribution in [0.25, 0.3) is 0 Å². The first-order valence-electron chi connectivity index (χ1n) is 7.30. The van der Waals surface area contributed by atoms with E-state index in [4.69, 9.17) is 0 Å². The molecule has 2 heterocycles. The van der Waals surface area contributed by atoms with E-state index >= 15 is 0 Å². The van der Waals surface area contributed by atoms with Crippen LogP contribution in [0, 0.1) is 0 Å². The normalized spacial score (nSPS) is 19.6. The highest BCUT2D eigenvalue weighted by Crippen LogP contribution is 2.19. The maximum Gasteiger partial charge on any atom is 0.254 e. The summed E-state index contributed by atoms with van der Waals surface area (Å²) in [7, 11) is 0. The van der Waals surface area contributed by atoms with Crippen LogP contribution in [-0.4, -0.2) is 40.3 Å². The number of fused-ring (bicyclic) bond motifs is 1. The molecule has 0 amide bonds. The average molecular weight is 279 g/mol. The topological polar surface area (TPSA) is 49.0 Å². The SMILES string of the molecule is O=c1[nH]c(SCCN2CCCC2)nc2c1CCCC2. The molecule has 0 atom stereocenters. The smallest absolute Gasteiger partial charge is 0.254 e. The fraction of sp³-hybridized carbons (Fsp3) is 0.714. The molecule has 1 N–H and O–H groups in total. The number of thioether (sulfide) groups is 1. The molecule has 1 aliphatic heterocycles. The molecule has 1 aliphatic carbocycles. The second-order valence-corrected chi connectivity index (χ2v) is 6.48. The third kappa shape index (κ3) is 3.20. The van der Waals surface area contributed by atoms with Crippen molar-refractivity contribution in [2.75, 3.05) is 25.4 Å². The number of hydrogen-bond acceptors (Lipinski definition) is 4. The van der Waals surface area contributed by atoms with Crippen LogP contribution < -0.4 is 5.56 Å². The zero-order valence-electron chi connectivity index (χ0n) is 11.3. The molecule has 0 aromatic carbocycles. The van der Waals surface area contributed by atoms with Gasteiger partial charge in [0, 0.05) is 17.9 Å². The molecule has 19 heavy (non-hydrogen) atoms.